The zero-order valence-corrected chi connectivity index (χ0v) is 9.64. The van der Waals surface area contributed by atoms with Gasteiger partial charge in [0, 0.05) is 6.54 Å². The summed E-state index contributed by atoms with van der Waals surface area (Å²) in [5.74, 6) is -0.688. The van der Waals surface area contributed by atoms with E-state index in [1.807, 2.05) is 0 Å². The van der Waals surface area contributed by atoms with Gasteiger partial charge in [0.05, 0.1) is 12.1 Å². The van der Waals surface area contributed by atoms with E-state index in [9.17, 15) is 18.0 Å². The lowest BCUT2D eigenvalue weighted by Gasteiger charge is -2.11. The van der Waals surface area contributed by atoms with Crippen LogP contribution in [0.1, 0.15) is 12.5 Å². The van der Waals surface area contributed by atoms with Crippen molar-refractivity contribution < 1.29 is 18.0 Å². The Kier molecular flexibility index (Phi) is 4.35. The van der Waals surface area contributed by atoms with Crippen LogP contribution in [0.3, 0.4) is 0 Å². The molecule has 0 aliphatic carbocycles. The third-order valence-corrected chi connectivity index (χ3v) is 1.98. The minimum atomic E-state index is -4.50. The lowest BCUT2D eigenvalue weighted by molar-refractivity contribution is -0.137. The summed E-state index contributed by atoms with van der Waals surface area (Å²) in [6.45, 7) is 2.01. The van der Waals surface area contributed by atoms with E-state index in [-0.39, 0.29) is 24.1 Å². The van der Waals surface area contributed by atoms with Crippen LogP contribution in [0.15, 0.2) is 12.1 Å². The monoisotopic (exact) mass is 262 g/mol. The number of amides is 1. The molecule has 0 aliphatic heterocycles. The molecule has 0 bridgehead atoms. The third kappa shape index (κ3) is 4.11. The van der Waals surface area contributed by atoms with Crippen molar-refractivity contribution in [2.45, 2.75) is 13.1 Å². The number of alkyl halides is 3. The van der Waals surface area contributed by atoms with Crippen LogP contribution in [0.5, 0.6) is 0 Å². The van der Waals surface area contributed by atoms with Gasteiger partial charge in [0.1, 0.15) is 11.6 Å². The zero-order valence-electron chi connectivity index (χ0n) is 9.64. The number of nitrogens with zero attached hydrogens (tertiary/aromatic N) is 1. The average Bonchev–Trinajstić information content (AvgIpc) is 2.25. The molecule has 0 saturated carbocycles. The predicted octanol–water partition coefficient (Wildman–Crippen LogP) is 1.23. The Balaban J connectivity index is 2.78. The van der Waals surface area contributed by atoms with Gasteiger partial charge < -0.3 is 16.4 Å². The maximum atomic E-state index is 12.5. The number of nitrogens with two attached hydrogens (primary N) is 1. The normalized spacial score (nSPS) is 11.1. The SMILES string of the molecule is CCNC(=O)CNc1cc(C(F)(F)F)cc(N)n1. The van der Waals surface area contributed by atoms with Crippen LogP contribution in [0.4, 0.5) is 24.8 Å². The summed E-state index contributed by atoms with van der Waals surface area (Å²) >= 11 is 0. The standard InChI is InChI=1S/C10H13F3N4O/c1-2-15-9(18)5-16-8-4-6(10(11,12)13)3-7(14)17-8/h3-4H,2,5H2,1H3,(H,15,18)(H3,14,16,17). The Morgan fingerprint density at radius 2 is 2.11 bits per heavy atom. The van der Waals surface area contributed by atoms with E-state index < -0.39 is 11.7 Å². The molecule has 1 amide bonds. The molecule has 0 aliphatic rings. The number of pyridine rings is 1. The molecule has 0 radical (unpaired) electrons. The van der Waals surface area contributed by atoms with Gasteiger partial charge in [-0.25, -0.2) is 4.98 Å². The summed E-state index contributed by atoms with van der Waals surface area (Å²) in [6, 6.07) is 1.53. The minimum absolute atomic E-state index is 0.0893. The smallest absolute Gasteiger partial charge is 0.384 e. The number of rotatable bonds is 4. The fourth-order valence-electron chi connectivity index (χ4n) is 1.24. The van der Waals surface area contributed by atoms with Crippen molar-refractivity contribution in [2.75, 3.05) is 24.1 Å². The number of hydrogen-bond acceptors (Lipinski definition) is 4. The summed E-state index contributed by atoms with van der Waals surface area (Å²) in [7, 11) is 0. The number of likely N-dealkylation sites (N-methyl/N-ethyl adjacent to an activating group) is 1. The molecule has 4 N–H and O–H groups in total. The van der Waals surface area contributed by atoms with Gasteiger partial charge in [-0.1, -0.05) is 0 Å². The maximum absolute atomic E-state index is 12.5. The fourth-order valence-corrected chi connectivity index (χ4v) is 1.24. The first-order chi connectivity index (χ1) is 8.32. The molecule has 1 aromatic rings. The van der Waals surface area contributed by atoms with Crippen molar-refractivity contribution in [1.29, 1.82) is 0 Å². The average molecular weight is 262 g/mol. The highest BCUT2D eigenvalue weighted by Gasteiger charge is 2.31. The second-order valence-electron chi connectivity index (χ2n) is 3.47. The van der Waals surface area contributed by atoms with Gasteiger partial charge in [0.2, 0.25) is 5.91 Å². The molecule has 100 valence electrons. The van der Waals surface area contributed by atoms with Crippen molar-refractivity contribution in [3.8, 4) is 0 Å². The van der Waals surface area contributed by atoms with Gasteiger partial charge >= 0.3 is 6.18 Å². The molecule has 1 aromatic heterocycles. The van der Waals surface area contributed by atoms with E-state index in [2.05, 4.69) is 15.6 Å². The first-order valence-corrected chi connectivity index (χ1v) is 5.18. The van der Waals surface area contributed by atoms with Crippen LogP contribution in [0.2, 0.25) is 0 Å². The van der Waals surface area contributed by atoms with Crippen molar-refractivity contribution in [3.63, 3.8) is 0 Å². The number of carbonyl (C=O) groups excluding carboxylic acids is 1. The zero-order chi connectivity index (χ0) is 13.8. The van der Waals surface area contributed by atoms with Gasteiger partial charge in [-0.2, -0.15) is 13.2 Å². The van der Waals surface area contributed by atoms with Crippen LogP contribution in [-0.4, -0.2) is 24.0 Å². The Hall–Kier alpha value is -1.99. The Morgan fingerprint density at radius 1 is 1.44 bits per heavy atom. The van der Waals surface area contributed by atoms with Crippen LogP contribution < -0.4 is 16.4 Å². The highest BCUT2D eigenvalue weighted by Crippen LogP contribution is 2.31. The number of nitrogens with one attached hydrogen (secondary N) is 2. The molecule has 0 unspecified atom stereocenters. The molecular formula is C10H13F3N4O. The van der Waals surface area contributed by atoms with E-state index >= 15 is 0 Å². The van der Waals surface area contributed by atoms with Gasteiger partial charge in [0.25, 0.3) is 0 Å². The highest BCUT2D eigenvalue weighted by atomic mass is 19.4. The van der Waals surface area contributed by atoms with E-state index in [4.69, 9.17) is 5.73 Å². The number of anilines is 2. The summed E-state index contributed by atoms with van der Waals surface area (Å²) in [5, 5.41) is 4.97. The second-order valence-corrected chi connectivity index (χ2v) is 3.47. The van der Waals surface area contributed by atoms with Crippen molar-refractivity contribution in [2.24, 2.45) is 0 Å². The van der Waals surface area contributed by atoms with E-state index in [1.54, 1.807) is 6.92 Å². The van der Waals surface area contributed by atoms with E-state index in [0.29, 0.717) is 6.54 Å². The van der Waals surface area contributed by atoms with Gasteiger partial charge in [-0.3, -0.25) is 4.79 Å². The van der Waals surface area contributed by atoms with Crippen LogP contribution in [0, 0.1) is 0 Å². The summed E-state index contributed by atoms with van der Waals surface area (Å²) in [6.07, 6.45) is -4.50. The summed E-state index contributed by atoms with van der Waals surface area (Å²) in [4.78, 5) is 14.8. The number of aromatic nitrogens is 1. The molecule has 1 rings (SSSR count). The Bertz CT molecular complexity index is 434. The molecule has 0 atom stereocenters. The number of hydrogen-bond donors (Lipinski definition) is 3. The quantitative estimate of drug-likeness (QED) is 0.762. The van der Waals surface area contributed by atoms with Gasteiger partial charge in [-0.05, 0) is 19.1 Å². The van der Waals surface area contributed by atoms with E-state index in [0.717, 1.165) is 12.1 Å². The van der Waals surface area contributed by atoms with E-state index in [1.165, 1.54) is 0 Å². The molecular weight excluding hydrogens is 249 g/mol. The highest BCUT2D eigenvalue weighted by molar-refractivity contribution is 5.80. The topological polar surface area (TPSA) is 80.0 Å². The largest absolute Gasteiger partial charge is 0.416 e. The van der Waals surface area contributed by atoms with Crippen molar-refractivity contribution >= 4 is 17.5 Å². The second kappa shape index (κ2) is 5.56. The van der Waals surface area contributed by atoms with Crippen LogP contribution in [0.25, 0.3) is 0 Å². The molecule has 8 heteroatoms. The summed E-state index contributed by atoms with van der Waals surface area (Å²) in [5.41, 5.74) is 4.36. The maximum Gasteiger partial charge on any atom is 0.416 e. The first kappa shape index (κ1) is 14.1. The molecule has 0 fully saturated rings. The molecule has 5 nitrogen and oxygen atoms in total. The molecule has 1 heterocycles. The van der Waals surface area contributed by atoms with Crippen LogP contribution >= 0.6 is 0 Å². The van der Waals surface area contributed by atoms with Gasteiger partial charge in [0.15, 0.2) is 0 Å². The molecule has 0 saturated heterocycles. The molecule has 0 spiro atoms. The number of halogens is 3. The van der Waals surface area contributed by atoms with Crippen molar-refractivity contribution in [1.82, 2.24) is 10.3 Å². The minimum Gasteiger partial charge on any atom is -0.384 e. The molecule has 0 aromatic carbocycles. The lowest BCUT2D eigenvalue weighted by atomic mass is 10.2. The lowest BCUT2D eigenvalue weighted by Crippen LogP contribution is -2.29. The van der Waals surface area contributed by atoms with Crippen molar-refractivity contribution in [3.05, 3.63) is 17.7 Å². The Morgan fingerprint density at radius 3 is 2.67 bits per heavy atom. The summed E-state index contributed by atoms with van der Waals surface area (Å²) < 4.78 is 37.4. The Labute approximate surface area is 102 Å². The number of carbonyl (C=O) groups is 1. The number of nitrogen functional groups attached to an aromatic ring is 1. The third-order valence-electron chi connectivity index (χ3n) is 1.98. The van der Waals surface area contributed by atoms with Gasteiger partial charge in [-0.15, -0.1) is 0 Å². The van der Waals surface area contributed by atoms with Crippen LogP contribution in [-0.2, 0) is 11.0 Å². The molecule has 18 heavy (non-hydrogen) atoms. The predicted molar refractivity (Wildman–Crippen MR) is 60.8 cm³/mol. The first-order valence-electron chi connectivity index (χ1n) is 5.18. The fraction of sp³-hybridized carbons (Fsp3) is 0.400.